The van der Waals surface area contributed by atoms with Gasteiger partial charge in [-0.1, -0.05) is 29.3 Å². The molecule has 2 aliphatic heterocycles. The van der Waals surface area contributed by atoms with Crippen molar-refractivity contribution in [1.29, 1.82) is 0 Å². The monoisotopic (exact) mass is 484 g/mol. The van der Waals surface area contributed by atoms with Crippen molar-refractivity contribution in [2.24, 2.45) is 11.8 Å². The first kappa shape index (κ1) is 23.7. The van der Waals surface area contributed by atoms with Gasteiger partial charge in [-0.2, -0.15) is 0 Å². The topological polar surface area (TPSA) is 113 Å². The second-order valence-corrected chi connectivity index (χ2v) is 9.16. The lowest BCUT2D eigenvalue weighted by molar-refractivity contribution is -0.384. The van der Waals surface area contributed by atoms with E-state index in [-0.39, 0.29) is 46.5 Å². The molecule has 2 heterocycles. The van der Waals surface area contributed by atoms with Crippen LogP contribution in [0.1, 0.15) is 24.8 Å². The van der Waals surface area contributed by atoms with Gasteiger partial charge in [0.15, 0.2) is 0 Å². The lowest BCUT2D eigenvalue weighted by Crippen LogP contribution is -2.44. The van der Waals surface area contributed by atoms with E-state index in [0.717, 1.165) is 11.3 Å². The number of halogens is 1. The van der Waals surface area contributed by atoms with Gasteiger partial charge >= 0.3 is 0 Å². The summed E-state index contributed by atoms with van der Waals surface area (Å²) in [6.45, 7) is 3.15. The number of hydrogen-bond acceptors (Lipinski definition) is 5. The van der Waals surface area contributed by atoms with Crippen molar-refractivity contribution in [3.8, 4) is 0 Å². The Labute approximate surface area is 201 Å². The van der Waals surface area contributed by atoms with Crippen LogP contribution in [0.15, 0.2) is 42.5 Å². The molecule has 0 spiro atoms. The van der Waals surface area contributed by atoms with Gasteiger partial charge in [0.2, 0.25) is 17.7 Å². The molecule has 10 heteroatoms. The molecular weight excluding hydrogens is 460 g/mol. The maximum Gasteiger partial charge on any atom is 0.271 e. The first-order valence-electron chi connectivity index (χ1n) is 11.1. The molecule has 1 atom stereocenters. The molecule has 0 aromatic heterocycles. The van der Waals surface area contributed by atoms with Crippen LogP contribution >= 0.6 is 11.6 Å². The summed E-state index contributed by atoms with van der Waals surface area (Å²) in [7, 11) is 0. The van der Waals surface area contributed by atoms with Crippen molar-refractivity contribution >= 4 is 46.4 Å². The fourth-order valence-electron chi connectivity index (χ4n) is 4.42. The van der Waals surface area contributed by atoms with Gasteiger partial charge in [-0.15, -0.1) is 0 Å². The van der Waals surface area contributed by atoms with Crippen molar-refractivity contribution < 1.29 is 19.3 Å². The van der Waals surface area contributed by atoms with Crippen LogP contribution in [0.25, 0.3) is 0 Å². The number of nitrogens with zero attached hydrogens (tertiary/aromatic N) is 3. The number of nitro benzene ring substituents is 1. The number of nitro groups is 1. The number of piperidine rings is 1. The molecule has 0 radical (unpaired) electrons. The summed E-state index contributed by atoms with van der Waals surface area (Å²) in [5.41, 5.74) is 1.93. The van der Waals surface area contributed by atoms with Gasteiger partial charge in [-0.05, 0) is 38.0 Å². The number of amides is 3. The quantitative estimate of drug-likeness (QED) is 0.512. The van der Waals surface area contributed by atoms with Crippen LogP contribution < -0.4 is 10.2 Å². The Morgan fingerprint density at radius 2 is 1.76 bits per heavy atom. The molecule has 2 fully saturated rings. The Hall–Kier alpha value is -3.46. The zero-order chi connectivity index (χ0) is 24.4. The van der Waals surface area contributed by atoms with Crippen molar-refractivity contribution in [3.05, 3.63) is 63.2 Å². The molecular formula is C24H25ClN4O5. The highest BCUT2D eigenvalue weighted by atomic mass is 35.5. The molecule has 4 rings (SSSR count). The van der Waals surface area contributed by atoms with Gasteiger partial charge in [0.05, 0.1) is 21.6 Å². The standard InChI is InChI=1S/C24H25ClN4O5/c1-15-2-4-18(5-3-15)28-14-17(12-22(28)30)24(32)27-10-8-16(9-11-27)23(31)26-21-13-19(29(33)34)6-7-20(21)25/h2-7,13,16-17H,8-12,14H2,1H3,(H,26,31). The number of anilines is 2. The number of non-ortho nitro benzene ring substituents is 1. The normalized spacial score (nSPS) is 18.8. The fourth-order valence-corrected chi connectivity index (χ4v) is 4.59. The van der Waals surface area contributed by atoms with E-state index in [0.29, 0.717) is 32.5 Å². The summed E-state index contributed by atoms with van der Waals surface area (Å²) in [5.74, 6) is -1.15. The summed E-state index contributed by atoms with van der Waals surface area (Å²) >= 11 is 6.08. The number of benzene rings is 2. The van der Waals surface area contributed by atoms with E-state index in [4.69, 9.17) is 11.6 Å². The van der Waals surface area contributed by atoms with Gasteiger partial charge in [0.25, 0.3) is 5.69 Å². The molecule has 0 aliphatic carbocycles. The van der Waals surface area contributed by atoms with Crippen LogP contribution in [0, 0.1) is 28.9 Å². The Kier molecular flexibility index (Phi) is 6.83. The first-order valence-corrected chi connectivity index (χ1v) is 11.5. The summed E-state index contributed by atoms with van der Waals surface area (Å²) in [4.78, 5) is 52.1. The Balaban J connectivity index is 1.32. The molecule has 2 aromatic carbocycles. The first-order chi connectivity index (χ1) is 16.2. The van der Waals surface area contributed by atoms with Gasteiger partial charge in [-0.25, -0.2) is 0 Å². The molecule has 0 saturated carbocycles. The Morgan fingerprint density at radius 1 is 1.09 bits per heavy atom. The number of rotatable bonds is 5. The molecule has 178 valence electrons. The van der Waals surface area contributed by atoms with E-state index in [1.807, 2.05) is 31.2 Å². The van der Waals surface area contributed by atoms with E-state index in [9.17, 15) is 24.5 Å². The Bertz CT molecular complexity index is 1130. The molecule has 2 saturated heterocycles. The minimum Gasteiger partial charge on any atom is -0.342 e. The molecule has 0 bridgehead atoms. The van der Waals surface area contributed by atoms with Crippen molar-refractivity contribution in [1.82, 2.24) is 4.90 Å². The van der Waals surface area contributed by atoms with Crippen molar-refractivity contribution in [2.75, 3.05) is 29.9 Å². The van der Waals surface area contributed by atoms with Crippen LogP contribution in [0.4, 0.5) is 17.1 Å². The molecule has 2 aromatic rings. The minimum absolute atomic E-state index is 0.0645. The van der Waals surface area contributed by atoms with Crippen molar-refractivity contribution in [3.63, 3.8) is 0 Å². The third-order valence-electron chi connectivity index (χ3n) is 6.42. The van der Waals surface area contributed by atoms with Crippen LogP contribution in [0.5, 0.6) is 0 Å². The molecule has 1 unspecified atom stereocenters. The molecule has 2 aliphatic rings. The second-order valence-electron chi connectivity index (χ2n) is 8.75. The molecule has 1 N–H and O–H groups in total. The van der Waals surface area contributed by atoms with E-state index in [2.05, 4.69) is 5.32 Å². The number of hydrogen-bond donors (Lipinski definition) is 1. The summed E-state index contributed by atoms with van der Waals surface area (Å²) in [5, 5.41) is 13.9. The maximum absolute atomic E-state index is 13.1. The summed E-state index contributed by atoms with van der Waals surface area (Å²) in [6.07, 6.45) is 1.11. The smallest absolute Gasteiger partial charge is 0.271 e. The SMILES string of the molecule is Cc1ccc(N2CC(C(=O)N3CCC(C(=O)Nc4cc([N+](=O)[O-])ccc4Cl)CC3)CC2=O)cc1. The van der Waals surface area contributed by atoms with E-state index < -0.39 is 10.8 Å². The summed E-state index contributed by atoms with van der Waals surface area (Å²) in [6, 6.07) is 11.5. The largest absolute Gasteiger partial charge is 0.342 e. The van der Waals surface area contributed by atoms with Crippen LogP contribution in [0.3, 0.4) is 0 Å². The lowest BCUT2D eigenvalue weighted by atomic mass is 9.94. The average Bonchev–Trinajstić information content (AvgIpc) is 3.22. The summed E-state index contributed by atoms with van der Waals surface area (Å²) < 4.78 is 0. The van der Waals surface area contributed by atoms with Crippen LogP contribution in [-0.4, -0.2) is 47.2 Å². The Morgan fingerprint density at radius 3 is 2.41 bits per heavy atom. The third kappa shape index (κ3) is 5.04. The van der Waals surface area contributed by atoms with Gasteiger partial charge in [0.1, 0.15) is 0 Å². The molecule has 9 nitrogen and oxygen atoms in total. The van der Waals surface area contributed by atoms with Gasteiger partial charge in [-0.3, -0.25) is 24.5 Å². The van der Waals surface area contributed by atoms with Crippen molar-refractivity contribution in [2.45, 2.75) is 26.2 Å². The highest BCUT2D eigenvalue weighted by Crippen LogP contribution is 2.30. The third-order valence-corrected chi connectivity index (χ3v) is 6.75. The van der Waals surface area contributed by atoms with Crippen LogP contribution in [-0.2, 0) is 14.4 Å². The molecule has 34 heavy (non-hydrogen) atoms. The zero-order valence-corrected chi connectivity index (χ0v) is 19.5. The maximum atomic E-state index is 13.1. The highest BCUT2D eigenvalue weighted by Gasteiger charge is 2.38. The highest BCUT2D eigenvalue weighted by molar-refractivity contribution is 6.33. The lowest BCUT2D eigenvalue weighted by Gasteiger charge is -2.33. The van der Waals surface area contributed by atoms with Gasteiger partial charge < -0.3 is 15.1 Å². The predicted octanol–water partition coefficient (Wildman–Crippen LogP) is 3.79. The number of carbonyl (C=O) groups is 3. The fraction of sp³-hybridized carbons (Fsp3) is 0.375. The van der Waals surface area contributed by atoms with E-state index in [1.165, 1.54) is 18.2 Å². The zero-order valence-electron chi connectivity index (χ0n) is 18.7. The number of nitrogens with one attached hydrogen (secondary N) is 1. The van der Waals surface area contributed by atoms with Crippen LogP contribution in [0.2, 0.25) is 5.02 Å². The van der Waals surface area contributed by atoms with Gasteiger partial charge in [0, 0.05) is 49.8 Å². The second kappa shape index (κ2) is 9.80. The van der Waals surface area contributed by atoms with E-state index >= 15 is 0 Å². The average molecular weight is 485 g/mol. The van der Waals surface area contributed by atoms with E-state index in [1.54, 1.807) is 9.80 Å². The number of aryl methyl sites for hydroxylation is 1. The number of likely N-dealkylation sites (tertiary alicyclic amines) is 1. The predicted molar refractivity (Wildman–Crippen MR) is 128 cm³/mol. The number of carbonyl (C=O) groups excluding carboxylic acids is 3. The minimum atomic E-state index is -0.552. The molecule has 3 amide bonds.